The Morgan fingerprint density at radius 3 is 2.50 bits per heavy atom. The van der Waals surface area contributed by atoms with E-state index in [0.29, 0.717) is 5.69 Å². The van der Waals surface area contributed by atoms with Crippen molar-refractivity contribution in [3.05, 3.63) is 47.2 Å². The van der Waals surface area contributed by atoms with Gasteiger partial charge in [-0.1, -0.05) is 11.6 Å². The summed E-state index contributed by atoms with van der Waals surface area (Å²) in [6, 6.07) is 7.29. The third kappa shape index (κ3) is 5.19. The monoisotopic (exact) mass is 388 g/mol. The summed E-state index contributed by atoms with van der Waals surface area (Å²) in [5, 5.41) is 5.44. The molecule has 0 saturated carbocycles. The molecule has 0 aliphatic rings. The number of methoxy groups -OCH3 is 1. The van der Waals surface area contributed by atoms with E-state index in [1.54, 1.807) is 0 Å². The summed E-state index contributed by atoms with van der Waals surface area (Å²) < 4.78 is 48.0. The first-order valence-electron chi connectivity index (χ1n) is 7.45. The van der Waals surface area contributed by atoms with E-state index in [1.807, 2.05) is 0 Å². The fraction of sp³-hybridized carbons (Fsp3) is 0.235. The number of nitrogens with one attached hydrogen (secondary N) is 2. The van der Waals surface area contributed by atoms with Gasteiger partial charge in [-0.25, -0.2) is 4.39 Å². The predicted octanol–water partition coefficient (Wildman–Crippen LogP) is 4.53. The first kappa shape index (κ1) is 19.7. The van der Waals surface area contributed by atoms with Crippen molar-refractivity contribution < 1.29 is 27.4 Å². The number of hydrogen-bond donors (Lipinski definition) is 2. The number of ether oxygens (including phenoxy) is 2. The van der Waals surface area contributed by atoms with E-state index in [4.69, 9.17) is 16.3 Å². The molecule has 1 atom stereocenters. The second kappa shape index (κ2) is 8.66. The van der Waals surface area contributed by atoms with E-state index in [1.165, 1.54) is 44.4 Å². The van der Waals surface area contributed by atoms with Crippen molar-refractivity contribution in [2.45, 2.75) is 19.6 Å². The molecule has 0 aliphatic carbocycles. The third-order valence-electron chi connectivity index (χ3n) is 3.35. The van der Waals surface area contributed by atoms with Crippen LogP contribution in [-0.4, -0.2) is 25.7 Å². The number of halogens is 4. The molecule has 0 aromatic heterocycles. The van der Waals surface area contributed by atoms with Crippen molar-refractivity contribution in [2.75, 3.05) is 17.7 Å². The number of alkyl halides is 2. The Labute approximate surface area is 153 Å². The van der Waals surface area contributed by atoms with Crippen LogP contribution in [0.15, 0.2) is 36.4 Å². The molecule has 0 aliphatic heterocycles. The van der Waals surface area contributed by atoms with E-state index in [2.05, 4.69) is 15.4 Å². The van der Waals surface area contributed by atoms with Crippen LogP contribution in [0.25, 0.3) is 0 Å². The highest BCUT2D eigenvalue weighted by atomic mass is 35.5. The van der Waals surface area contributed by atoms with Gasteiger partial charge in [0.15, 0.2) is 11.5 Å². The second-order valence-electron chi connectivity index (χ2n) is 5.22. The van der Waals surface area contributed by atoms with Crippen LogP contribution in [0, 0.1) is 5.82 Å². The lowest BCUT2D eigenvalue weighted by Crippen LogP contribution is -2.32. The minimum atomic E-state index is -3.02. The smallest absolute Gasteiger partial charge is 0.387 e. The SMILES string of the molecule is COc1ccc(NC(C)C(=O)Nc2ccc(Cl)cc2F)cc1OC(F)F. The molecule has 9 heteroatoms. The summed E-state index contributed by atoms with van der Waals surface area (Å²) in [5.41, 5.74) is 0.324. The summed E-state index contributed by atoms with van der Waals surface area (Å²) in [5.74, 6) is -1.26. The van der Waals surface area contributed by atoms with Crippen molar-refractivity contribution >= 4 is 28.9 Å². The van der Waals surface area contributed by atoms with Gasteiger partial charge in [-0.05, 0) is 37.3 Å². The lowest BCUT2D eigenvalue weighted by molar-refractivity contribution is -0.116. The standard InChI is InChI=1S/C17H16ClF3N2O3/c1-9(16(24)23-13-5-3-10(18)7-12(13)19)22-11-4-6-14(25-2)15(8-11)26-17(20)21/h3-9,17,22H,1-2H3,(H,23,24). The highest BCUT2D eigenvalue weighted by Crippen LogP contribution is 2.31. The van der Waals surface area contributed by atoms with Crippen molar-refractivity contribution in [2.24, 2.45) is 0 Å². The molecule has 0 radical (unpaired) electrons. The molecule has 0 fully saturated rings. The topological polar surface area (TPSA) is 59.6 Å². The molecule has 0 bridgehead atoms. The van der Waals surface area contributed by atoms with Crippen LogP contribution in [0.5, 0.6) is 11.5 Å². The normalized spacial score (nSPS) is 11.8. The molecule has 2 aromatic carbocycles. The van der Waals surface area contributed by atoms with Crippen LogP contribution in [0.1, 0.15) is 6.92 Å². The van der Waals surface area contributed by atoms with E-state index in [-0.39, 0.29) is 22.2 Å². The third-order valence-corrected chi connectivity index (χ3v) is 3.58. The second-order valence-corrected chi connectivity index (χ2v) is 5.66. The van der Waals surface area contributed by atoms with Crippen LogP contribution in [0.2, 0.25) is 5.02 Å². The van der Waals surface area contributed by atoms with Crippen molar-refractivity contribution in [3.8, 4) is 11.5 Å². The van der Waals surface area contributed by atoms with Gasteiger partial charge < -0.3 is 20.1 Å². The van der Waals surface area contributed by atoms with Gasteiger partial charge in [0.05, 0.1) is 12.8 Å². The number of hydrogen-bond acceptors (Lipinski definition) is 4. The molecule has 0 saturated heterocycles. The zero-order valence-electron chi connectivity index (χ0n) is 13.9. The largest absolute Gasteiger partial charge is 0.493 e. The number of anilines is 2. The Kier molecular flexibility index (Phi) is 6.57. The van der Waals surface area contributed by atoms with Crippen molar-refractivity contribution in [3.63, 3.8) is 0 Å². The van der Waals surface area contributed by atoms with Crippen LogP contribution >= 0.6 is 11.6 Å². The van der Waals surface area contributed by atoms with Crippen LogP contribution in [0.4, 0.5) is 24.5 Å². The summed E-state index contributed by atoms with van der Waals surface area (Å²) in [6.07, 6.45) is 0. The molecular weight excluding hydrogens is 373 g/mol. The summed E-state index contributed by atoms with van der Waals surface area (Å²) in [7, 11) is 1.32. The first-order valence-corrected chi connectivity index (χ1v) is 7.83. The first-order chi connectivity index (χ1) is 12.3. The molecule has 2 N–H and O–H groups in total. The van der Waals surface area contributed by atoms with Gasteiger partial charge in [-0.15, -0.1) is 0 Å². The average molecular weight is 389 g/mol. The van der Waals surface area contributed by atoms with Gasteiger partial charge in [0.25, 0.3) is 0 Å². The lowest BCUT2D eigenvalue weighted by atomic mass is 10.2. The van der Waals surface area contributed by atoms with E-state index in [9.17, 15) is 18.0 Å². The van der Waals surface area contributed by atoms with Gasteiger partial charge in [-0.2, -0.15) is 8.78 Å². The predicted molar refractivity (Wildman–Crippen MR) is 92.8 cm³/mol. The quantitative estimate of drug-likeness (QED) is 0.731. The molecule has 2 aromatic rings. The maximum Gasteiger partial charge on any atom is 0.387 e. The Morgan fingerprint density at radius 1 is 1.15 bits per heavy atom. The Hall–Kier alpha value is -2.61. The van der Waals surface area contributed by atoms with E-state index >= 15 is 0 Å². The molecular formula is C17H16ClF3N2O3. The van der Waals surface area contributed by atoms with Gasteiger partial charge in [0.1, 0.15) is 11.9 Å². The maximum absolute atomic E-state index is 13.7. The van der Waals surface area contributed by atoms with Crippen LogP contribution < -0.4 is 20.1 Å². The molecule has 1 unspecified atom stereocenters. The number of rotatable bonds is 7. The highest BCUT2D eigenvalue weighted by molar-refractivity contribution is 6.30. The number of carbonyl (C=O) groups excluding carboxylic acids is 1. The van der Waals surface area contributed by atoms with Gasteiger partial charge in [0.2, 0.25) is 5.91 Å². The van der Waals surface area contributed by atoms with Crippen molar-refractivity contribution in [1.29, 1.82) is 0 Å². The van der Waals surface area contributed by atoms with Crippen molar-refractivity contribution in [1.82, 2.24) is 0 Å². The Balaban J connectivity index is 2.08. The molecule has 140 valence electrons. The maximum atomic E-state index is 13.7. The number of benzene rings is 2. The minimum absolute atomic E-state index is 0.0236. The molecule has 1 amide bonds. The zero-order valence-corrected chi connectivity index (χ0v) is 14.6. The van der Waals surface area contributed by atoms with Gasteiger partial charge in [0, 0.05) is 16.8 Å². The summed E-state index contributed by atoms with van der Waals surface area (Å²) in [4.78, 5) is 12.2. The van der Waals surface area contributed by atoms with Crippen LogP contribution in [-0.2, 0) is 4.79 Å². The fourth-order valence-corrected chi connectivity index (χ4v) is 2.26. The van der Waals surface area contributed by atoms with E-state index < -0.39 is 24.4 Å². The molecule has 5 nitrogen and oxygen atoms in total. The molecule has 0 spiro atoms. The van der Waals surface area contributed by atoms with Gasteiger partial charge >= 0.3 is 6.61 Å². The van der Waals surface area contributed by atoms with Gasteiger partial charge in [-0.3, -0.25) is 4.79 Å². The Morgan fingerprint density at radius 2 is 1.88 bits per heavy atom. The zero-order chi connectivity index (χ0) is 19.3. The highest BCUT2D eigenvalue weighted by Gasteiger charge is 2.17. The number of carbonyl (C=O) groups is 1. The Bertz CT molecular complexity index is 790. The minimum Gasteiger partial charge on any atom is -0.493 e. The summed E-state index contributed by atoms with van der Waals surface area (Å²) in [6.45, 7) is -1.49. The lowest BCUT2D eigenvalue weighted by Gasteiger charge is -2.17. The average Bonchev–Trinajstić information content (AvgIpc) is 2.57. The van der Waals surface area contributed by atoms with Crippen LogP contribution in [0.3, 0.4) is 0 Å². The molecule has 26 heavy (non-hydrogen) atoms. The number of amides is 1. The fourth-order valence-electron chi connectivity index (χ4n) is 2.10. The molecule has 2 rings (SSSR count). The molecule has 0 heterocycles. The van der Waals surface area contributed by atoms with E-state index in [0.717, 1.165) is 6.07 Å². The summed E-state index contributed by atoms with van der Waals surface area (Å²) >= 11 is 5.66.